The molecule has 0 amide bonds. The molecule has 0 aliphatic heterocycles. The second kappa shape index (κ2) is 54.0. The maximum Gasteiger partial charge on any atom is 0.307 e. The monoisotopic (exact) mass is 1010 g/mol. The molecule has 0 fully saturated rings. The molecule has 420 valence electrons. The molecule has 0 aliphatic rings. The third-order valence-electron chi connectivity index (χ3n) is 14.1. The highest BCUT2D eigenvalue weighted by molar-refractivity contribution is 5.70. The topological polar surface area (TPSA) is 118 Å². The van der Waals surface area contributed by atoms with Crippen LogP contribution in [-0.4, -0.2) is 149 Å². The predicted molar refractivity (Wildman–Crippen MR) is 296 cm³/mol. The van der Waals surface area contributed by atoms with E-state index in [1.165, 1.54) is 161 Å². The first kappa shape index (κ1) is 68.7. The highest BCUT2D eigenvalue weighted by atomic mass is 16.5. The Kier molecular flexibility index (Phi) is 52.3. The van der Waals surface area contributed by atoms with Crippen molar-refractivity contribution in [3.63, 3.8) is 0 Å². The molecule has 0 atom stereocenters. The number of carbonyl (C=O) groups is 4. The Morgan fingerprint density at radius 1 is 0.268 bits per heavy atom. The summed E-state index contributed by atoms with van der Waals surface area (Å²) in [5.41, 5.74) is 0. The van der Waals surface area contributed by atoms with Gasteiger partial charge in [-0.2, -0.15) is 0 Å². The van der Waals surface area contributed by atoms with Crippen LogP contribution in [0.15, 0.2) is 0 Å². The highest BCUT2D eigenvalue weighted by Crippen LogP contribution is 2.14. The predicted octanol–water partition coefficient (Wildman–Crippen LogP) is 13.4. The average molecular weight is 1010 g/mol. The van der Waals surface area contributed by atoms with E-state index in [0.29, 0.717) is 65.3 Å². The number of carbonyl (C=O) groups excluding carboxylic acids is 4. The van der Waals surface area contributed by atoms with Gasteiger partial charge in [-0.1, -0.05) is 208 Å². The van der Waals surface area contributed by atoms with Gasteiger partial charge in [0.25, 0.3) is 0 Å². The molecule has 12 nitrogen and oxygen atoms in total. The molecule has 0 bridgehead atoms. The smallest absolute Gasteiger partial charge is 0.307 e. The highest BCUT2D eigenvalue weighted by Gasteiger charge is 2.17. The van der Waals surface area contributed by atoms with E-state index in [0.717, 1.165) is 90.9 Å². The van der Waals surface area contributed by atoms with E-state index in [-0.39, 0.29) is 30.3 Å². The molecule has 0 saturated carbocycles. The fourth-order valence-corrected chi connectivity index (χ4v) is 9.02. The Morgan fingerprint density at radius 3 is 0.704 bits per heavy atom. The number of methoxy groups -OCH3 is 1. The number of ether oxygens (including phenoxy) is 4. The molecule has 0 spiro atoms. The van der Waals surface area contributed by atoms with Crippen LogP contribution in [0.1, 0.15) is 253 Å². The minimum absolute atomic E-state index is 0.165. The van der Waals surface area contributed by atoms with Gasteiger partial charge in [-0.3, -0.25) is 19.2 Å². The van der Waals surface area contributed by atoms with Crippen LogP contribution in [-0.2, 0) is 38.1 Å². The van der Waals surface area contributed by atoms with E-state index in [9.17, 15) is 19.2 Å². The van der Waals surface area contributed by atoms with Gasteiger partial charge in [0.2, 0.25) is 0 Å². The summed E-state index contributed by atoms with van der Waals surface area (Å²) in [7, 11) is 1.41. The number of esters is 4. The average Bonchev–Trinajstić information content (AvgIpc) is 3.37. The summed E-state index contributed by atoms with van der Waals surface area (Å²) in [4.78, 5) is 59.8. The second-order valence-corrected chi connectivity index (χ2v) is 20.3. The number of nitrogens with zero attached hydrogens (tertiary/aromatic N) is 4. The molecule has 0 aromatic carbocycles. The normalized spacial score (nSPS) is 11.6. The lowest BCUT2D eigenvalue weighted by Crippen LogP contribution is -2.43. The van der Waals surface area contributed by atoms with Crippen LogP contribution in [0.4, 0.5) is 0 Å². The van der Waals surface area contributed by atoms with Gasteiger partial charge in [-0.05, 0) is 32.4 Å². The summed E-state index contributed by atoms with van der Waals surface area (Å²) in [6.07, 6.45) is 38.5. The van der Waals surface area contributed by atoms with Crippen molar-refractivity contribution in [1.29, 1.82) is 0 Å². The zero-order valence-electron chi connectivity index (χ0n) is 47.7. The molecule has 0 unspecified atom stereocenters. The SMILES string of the molecule is CCCCCCCCCCCCOC(=O)CCN(CCC(=O)OC)CCN(CC)CCN(CC)CCN(CCC(=O)OCCCCCCCCCCCC)CCC(=O)OCCCCCCCCCCCC. The van der Waals surface area contributed by atoms with Crippen LogP contribution in [0.2, 0.25) is 0 Å². The molecule has 0 radical (unpaired) electrons. The Hall–Kier alpha value is -2.28. The van der Waals surface area contributed by atoms with Gasteiger partial charge in [0.15, 0.2) is 0 Å². The Morgan fingerprint density at radius 2 is 0.479 bits per heavy atom. The largest absolute Gasteiger partial charge is 0.469 e. The third kappa shape index (κ3) is 48.4. The maximum absolute atomic E-state index is 12.9. The fraction of sp³-hybridized carbons (Fsp3) is 0.932. The lowest BCUT2D eigenvalue weighted by Gasteiger charge is -2.30. The summed E-state index contributed by atoms with van der Waals surface area (Å²) < 4.78 is 21.8. The van der Waals surface area contributed by atoms with Gasteiger partial charge in [0.05, 0.1) is 52.6 Å². The molecule has 71 heavy (non-hydrogen) atoms. The van der Waals surface area contributed by atoms with Crippen molar-refractivity contribution in [3.05, 3.63) is 0 Å². The molecule has 0 heterocycles. The van der Waals surface area contributed by atoms with Crippen LogP contribution in [0.3, 0.4) is 0 Å². The minimum atomic E-state index is -0.249. The third-order valence-corrected chi connectivity index (χ3v) is 14.1. The summed E-state index contributed by atoms with van der Waals surface area (Å²) in [5, 5.41) is 0. The van der Waals surface area contributed by atoms with Crippen LogP contribution >= 0.6 is 0 Å². The molecule has 0 N–H and O–H groups in total. The maximum atomic E-state index is 12.9. The van der Waals surface area contributed by atoms with Gasteiger partial charge in [0, 0.05) is 65.4 Å². The van der Waals surface area contributed by atoms with Crippen molar-refractivity contribution in [2.75, 3.05) is 105 Å². The summed E-state index contributed by atoms with van der Waals surface area (Å²) >= 11 is 0. The van der Waals surface area contributed by atoms with Crippen LogP contribution < -0.4 is 0 Å². The molecule has 0 rings (SSSR count). The molecular weight excluding hydrogens is 893 g/mol. The quantitative estimate of drug-likeness (QED) is 0.0328. The number of unbranched alkanes of at least 4 members (excludes halogenated alkanes) is 27. The molecular formula is C59H116N4O8. The van der Waals surface area contributed by atoms with Crippen molar-refractivity contribution in [2.24, 2.45) is 0 Å². The van der Waals surface area contributed by atoms with Crippen molar-refractivity contribution in [2.45, 2.75) is 253 Å². The molecule has 12 heteroatoms. The zero-order chi connectivity index (χ0) is 52.1. The van der Waals surface area contributed by atoms with Gasteiger partial charge < -0.3 is 38.5 Å². The van der Waals surface area contributed by atoms with Crippen molar-refractivity contribution in [3.8, 4) is 0 Å². The van der Waals surface area contributed by atoms with Gasteiger partial charge in [-0.15, -0.1) is 0 Å². The number of rotatable bonds is 56. The second-order valence-electron chi connectivity index (χ2n) is 20.3. The van der Waals surface area contributed by atoms with Crippen LogP contribution in [0.25, 0.3) is 0 Å². The molecule has 0 aliphatic carbocycles. The van der Waals surface area contributed by atoms with E-state index < -0.39 is 0 Å². The van der Waals surface area contributed by atoms with Crippen molar-refractivity contribution < 1.29 is 38.1 Å². The minimum Gasteiger partial charge on any atom is -0.469 e. The zero-order valence-corrected chi connectivity index (χ0v) is 47.7. The first-order chi connectivity index (χ1) is 34.7. The molecule has 0 aromatic heterocycles. The number of hydrogen-bond donors (Lipinski definition) is 0. The Balaban J connectivity index is 5.01. The summed E-state index contributed by atoms with van der Waals surface area (Å²) in [6.45, 7) is 21.4. The molecule has 0 saturated heterocycles. The van der Waals surface area contributed by atoms with E-state index >= 15 is 0 Å². The van der Waals surface area contributed by atoms with E-state index in [1.54, 1.807) is 0 Å². The lowest BCUT2D eigenvalue weighted by atomic mass is 10.1. The van der Waals surface area contributed by atoms with Gasteiger partial charge >= 0.3 is 23.9 Å². The number of hydrogen-bond acceptors (Lipinski definition) is 12. The van der Waals surface area contributed by atoms with Crippen LogP contribution in [0.5, 0.6) is 0 Å². The lowest BCUT2D eigenvalue weighted by molar-refractivity contribution is -0.145. The summed E-state index contributed by atoms with van der Waals surface area (Å²) in [6, 6.07) is 0. The fourth-order valence-electron chi connectivity index (χ4n) is 9.02. The molecule has 0 aromatic rings. The van der Waals surface area contributed by atoms with Crippen molar-refractivity contribution >= 4 is 23.9 Å². The summed E-state index contributed by atoms with van der Waals surface area (Å²) in [5.74, 6) is -0.753. The van der Waals surface area contributed by atoms with E-state index in [2.05, 4.69) is 54.2 Å². The van der Waals surface area contributed by atoms with Gasteiger partial charge in [-0.25, -0.2) is 0 Å². The van der Waals surface area contributed by atoms with E-state index in [4.69, 9.17) is 18.9 Å². The first-order valence-corrected chi connectivity index (χ1v) is 30.2. The van der Waals surface area contributed by atoms with Gasteiger partial charge in [0.1, 0.15) is 0 Å². The first-order valence-electron chi connectivity index (χ1n) is 30.2. The van der Waals surface area contributed by atoms with E-state index in [1.807, 2.05) is 0 Å². The standard InChI is InChI=1S/C59H116N4O8/c1-7-12-15-18-21-24-27-30-33-36-53-69-57(65)40-44-62(43-39-56(64)68-6)51-49-60(10-4)47-48-61(11-5)50-52-63(45-41-58(66)70-54-37-34-31-28-25-22-19-16-13-8-2)46-42-59(67)71-55-38-35-32-29-26-23-20-17-14-9-3/h7-55H2,1-6H3. The number of likely N-dealkylation sites (N-methyl/N-ethyl adjacent to an activating group) is 2. The van der Waals surface area contributed by atoms with Crippen LogP contribution in [0, 0.1) is 0 Å². The van der Waals surface area contributed by atoms with Crippen molar-refractivity contribution in [1.82, 2.24) is 19.6 Å². The Bertz CT molecular complexity index is 1150. The Labute approximate surface area is 438 Å².